The zero-order valence-corrected chi connectivity index (χ0v) is 13.5. The topological polar surface area (TPSA) is 76.1 Å². The largest absolute Gasteiger partial charge is 0.480 e. The van der Waals surface area contributed by atoms with E-state index in [9.17, 15) is 10.1 Å². The lowest BCUT2D eigenvalue weighted by atomic mass is 9.85. The van der Waals surface area contributed by atoms with Crippen molar-refractivity contribution >= 4 is 5.91 Å². The minimum atomic E-state index is -0.701. The van der Waals surface area contributed by atoms with Gasteiger partial charge in [0.05, 0.1) is 11.5 Å². The lowest BCUT2D eigenvalue weighted by Crippen LogP contribution is -2.30. The number of ether oxygens (including phenoxy) is 1. The number of para-hydroxylation sites is 1. The van der Waals surface area contributed by atoms with E-state index in [0.717, 1.165) is 16.7 Å². The van der Waals surface area contributed by atoms with Crippen LogP contribution in [0.25, 0.3) is 11.1 Å². The quantitative estimate of drug-likeness (QED) is 0.919. The van der Waals surface area contributed by atoms with Crippen molar-refractivity contribution in [2.24, 2.45) is 5.73 Å². The van der Waals surface area contributed by atoms with Crippen molar-refractivity contribution in [2.45, 2.75) is 32.3 Å². The fourth-order valence-corrected chi connectivity index (χ4v) is 2.19. The van der Waals surface area contributed by atoms with Gasteiger partial charge in [0, 0.05) is 5.56 Å². The zero-order chi connectivity index (χ0) is 17.0. The first-order chi connectivity index (χ1) is 10.8. The molecule has 0 aromatic heterocycles. The van der Waals surface area contributed by atoms with E-state index in [4.69, 9.17) is 10.5 Å². The molecule has 0 aliphatic rings. The number of benzene rings is 2. The fourth-order valence-electron chi connectivity index (χ4n) is 2.19. The number of primary amides is 1. The fraction of sp³-hybridized carbons (Fsp3) is 0.263. The third-order valence-corrected chi connectivity index (χ3v) is 3.79. The number of nitrogens with zero attached hydrogens (tertiary/aromatic N) is 1. The van der Waals surface area contributed by atoms with Gasteiger partial charge < -0.3 is 10.5 Å². The summed E-state index contributed by atoms with van der Waals surface area (Å²) in [5.41, 5.74) is 7.51. The highest BCUT2D eigenvalue weighted by molar-refractivity contribution is 5.79. The van der Waals surface area contributed by atoms with Crippen molar-refractivity contribution in [1.29, 1.82) is 5.26 Å². The van der Waals surface area contributed by atoms with Crippen molar-refractivity contribution in [3.8, 4) is 22.9 Å². The van der Waals surface area contributed by atoms with Gasteiger partial charge in [-0.25, -0.2) is 0 Å². The van der Waals surface area contributed by atoms with Gasteiger partial charge in [-0.3, -0.25) is 4.79 Å². The van der Waals surface area contributed by atoms with Crippen LogP contribution in [0.3, 0.4) is 0 Å². The van der Waals surface area contributed by atoms with Crippen LogP contribution in [0.5, 0.6) is 5.75 Å². The number of nitriles is 1. The summed E-state index contributed by atoms with van der Waals surface area (Å²) in [6.07, 6.45) is -0.701. The summed E-state index contributed by atoms with van der Waals surface area (Å²) in [7, 11) is 0. The molecular weight excluding hydrogens is 288 g/mol. The van der Waals surface area contributed by atoms with Crippen LogP contribution in [-0.2, 0) is 10.2 Å². The molecule has 0 aliphatic carbocycles. The van der Waals surface area contributed by atoms with Crippen molar-refractivity contribution in [3.05, 3.63) is 54.1 Å². The van der Waals surface area contributed by atoms with Crippen LogP contribution >= 0.6 is 0 Å². The second-order valence-electron chi connectivity index (χ2n) is 5.97. The van der Waals surface area contributed by atoms with Crippen LogP contribution in [0, 0.1) is 11.3 Å². The van der Waals surface area contributed by atoms with Gasteiger partial charge in [0.1, 0.15) is 5.75 Å². The van der Waals surface area contributed by atoms with Gasteiger partial charge in [-0.05, 0) is 38.0 Å². The molecule has 1 amide bonds. The molecule has 2 aromatic carbocycles. The summed E-state index contributed by atoms with van der Waals surface area (Å²) in [5, 5.41) is 9.22. The van der Waals surface area contributed by atoms with E-state index in [1.54, 1.807) is 6.92 Å². The van der Waals surface area contributed by atoms with Gasteiger partial charge in [0.15, 0.2) is 6.10 Å². The van der Waals surface area contributed by atoms with E-state index in [1.807, 2.05) is 62.4 Å². The Balaban J connectivity index is 2.36. The Hall–Kier alpha value is -2.80. The van der Waals surface area contributed by atoms with E-state index in [0.29, 0.717) is 5.75 Å². The molecule has 0 saturated carbocycles. The Morgan fingerprint density at radius 2 is 1.78 bits per heavy atom. The van der Waals surface area contributed by atoms with Crippen LogP contribution in [0.2, 0.25) is 0 Å². The van der Waals surface area contributed by atoms with Crippen molar-refractivity contribution in [2.75, 3.05) is 0 Å². The van der Waals surface area contributed by atoms with Crippen molar-refractivity contribution < 1.29 is 9.53 Å². The minimum Gasteiger partial charge on any atom is -0.480 e. The number of carbonyl (C=O) groups is 1. The molecule has 1 atom stereocenters. The molecule has 2 N–H and O–H groups in total. The minimum absolute atomic E-state index is 0.508. The smallest absolute Gasteiger partial charge is 0.258 e. The second-order valence-corrected chi connectivity index (χ2v) is 5.97. The molecule has 0 bridgehead atoms. The predicted molar refractivity (Wildman–Crippen MR) is 89.8 cm³/mol. The maximum atomic E-state index is 11.2. The average Bonchev–Trinajstić information content (AvgIpc) is 2.55. The molecule has 4 heteroatoms. The molecule has 23 heavy (non-hydrogen) atoms. The van der Waals surface area contributed by atoms with E-state index in [-0.39, 0.29) is 0 Å². The summed E-state index contributed by atoms with van der Waals surface area (Å²) < 4.78 is 5.65. The van der Waals surface area contributed by atoms with Crippen molar-refractivity contribution in [1.82, 2.24) is 0 Å². The van der Waals surface area contributed by atoms with Gasteiger partial charge in [0.25, 0.3) is 5.91 Å². The Kier molecular flexibility index (Phi) is 4.71. The third kappa shape index (κ3) is 3.70. The predicted octanol–water partition coefficient (Wildman–Crippen LogP) is 3.41. The number of hydrogen-bond acceptors (Lipinski definition) is 3. The molecule has 0 radical (unpaired) electrons. The highest BCUT2D eigenvalue weighted by atomic mass is 16.5. The van der Waals surface area contributed by atoms with Gasteiger partial charge in [-0.2, -0.15) is 5.26 Å². The highest BCUT2D eigenvalue weighted by Gasteiger charge is 2.20. The van der Waals surface area contributed by atoms with Gasteiger partial charge in [0.2, 0.25) is 0 Å². The van der Waals surface area contributed by atoms with Gasteiger partial charge in [-0.15, -0.1) is 0 Å². The van der Waals surface area contributed by atoms with Gasteiger partial charge >= 0.3 is 0 Å². The Morgan fingerprint density at radius 3 is 2.35 bits per heavy atom. The molecule has 2 aromatic rings. The summed E-state index contributed by atoms with van der Waals surface area (Å²) in [6, 6.07) is 17.6. The summed E-state index contributed by atoms with van der Waals surface area (Å²) in [4.78, 5) is 11.2. The molecule has 0 saturated heterocycles. The maximum Gasteiger partial charge on any atom is 0.258 e. The Labute approximate surface area is 136 Å². The van der Waals surface area contributed by atoms with Crippen LogP contribution in [0.4, 0.5) is 0 Å². The third-order valence-electron chi connectivity index (χ3n) is 3.79. The molecule has 0 aliphatic heterocycles. The second kappa shape index (κ2) is 6.53. The van der Waals surface area contributed by atoms with E-state index in [2.05, 4.69) is 6.07 Å². The number of amides is 1. The summed E-state index contributed by atoms with van der Waals surface area (Å²) >= 11 is 0. The Morgan fingerprint density at radius 1 is 1.17 bits per heavy atom. The molecule has 4 nitrogen and oxygen atoms in total. The SMILES string of the molecule is C[C@H](Oc1ccccc1-c1ccc(C(C)(C)C#N)cc1)C(N)=O. The van der Waals surface area contributed by atoms with Crippen LogP contribution in [0.1, 0.15) is 26.3 Å². The maximum absolute atomic E-state index is 11.2. The first kappa shape index (κ1) is 16.6. The average molecular weight is 308 g/mol. The molecular formula is C19H20N2O2. The molecule has 0 unspecified atom stereocenters. The van der Waals surface area contributed by atoms with E-state index in [1.165, 1.54) is 0 Å². The molecule has 2 rings (SSSR count). The monoisotopic (exact) mass is 308 g/mol. The molecule has 118 valence electrons. The zero-order valence-electron chi connectivity index (χ0n) is 13.5. The summed E-state index contributed by atoms with van der Waals surface area (Å²) in [5.74, 6) is 0.0945. The lowest BCUT2D eigenvalue weighted by molar-refractivity contribution is -0.123. The molecule has 0 spiro atoms. The summed E-state index contributed by atoms with van der Waals surface area (Å²) in [6.45, 7) is 5.39. The lowest BCUT2D eigenvalue weighted by Gasteiger charge is -2.18. The number of nitrogens with two attached hydrogens (primary N) is 1. The van der Waals surface area contributed by atoms with Crippen molar-refractivity contribution in [3.63, 3.8) is 0 Å². The Bertz CT molecular complexity index is 743. The van der Waals surface area contributed by atoms with E-state index < -0.39 is 17.4 Å². The highest BCUT2D eigenvalue weighted by Crippen LogP contribution is 2.32. The first-order valence-electron chi connectivity index (χ1n) is 7.42. The van der Waals surface area contributed by atoms with Crippen LogP contribution in [-0.4, -0.2) is 12.0 Å². The standard InChI is InChI=1S/C19H20N2O2/c1-13(18(21)22)23-17-7-5-4-6-16(17)14-8-10-15(11-9-14)19(2,3)12-20/h4-11,13H,1-3H3,(H2,21,22)/t13-/m0/s1. The number of rotatable bonds is 5. The molecule has 0 heterocycles. The molecule has 0 fully saturated rings. The normalized spacial score (nSPS) is 12.3. The van der Waals surface area contributed by atoms with Crippen LogP contribution < -0.4 is 10.5 Å². The van der Waals surface area contributed by atoms with E-state index >= 15 is 0 Å². The first-order valence-corrected chi connectivity index (χ1v) is 7.42. The van der Waals surface area contributed by atoms with Gasteiger partial charge in [-0.1, -0.05) is 42.5 Å². The van der Waals surface area contributed by atoms with Crippen LogP contribution in [0.15, 0.2) is 48.5 Å². The number of hydrogen-bond donors (Lipinski definition) is 1. The number of carbonyl (C=O) groups excluding carboxylic acids is 1.